The average Bonchev–Trinajstić information content (AvgIpc) is 3.61. The number of fused-ring (bicyclic) bond motifs is 9. The summed E-state index contributed by atoms with van der Waals surface area (Å²) in [4.78, 5) is 2.37. The van der Waals surface area contributed by atoms with E-state index in [1.165, 1.54) is 65.3 Å². The fourth-order valence-corrected chi connectivity index (χ4v) is 8.45. The number of hydrogen-bond acceptors (Lipinski definition) is 2. The minimum absolute atomic E-state index is 0.871. The molecule has 0 aliphatic rings. The maximum atomic E-state index is 6.55. The predicted octanol–water partition coefficient (Wildman–Crippen LogP) is 15.0. The Morgan fingerprint density at radius 3 is 1.67 bits per heavy atom. The van der Waals surface area contributed by atoms with Gasteiger partial charge in [-0.1, -0.05) is 146 Å². The topological polar surface area (TPSA) is 16.4 Å². The summed E-state index contributed by atoms with van der Waals surface area (Å²) in [5, 5.41) is 12.2. The van der Waals surface area contributed by atoms with Crippen molar-refractivity contribution >= 4 is 82.1 Å². The molecule has 2 heteroatoms. The van der Waals surface area contributed by atoms with Crippen LogP contribution in [0, 0.1) is 0 Å². The van der Waals surface area contributed by atoms with Crippen LogP contribution >= 0.6 is 0 Å². The Balaban J connectivity index is 1.10. The highest BCUT2D eigenvalue weighted by Crippen LogP contribution is 2.45. The van der Waals surface area contributed by atoms with E-state index in [1.807, 2.05) is 0 Å². The second-order valence-corrected chi connectivity index (χ2v) is 14.1. The van der Waals surface area contributed by atoms with Gasteiger partial charge in [0.05, 0.1) is 11.1 Å². The van der Waals surface area contributed by atoms with E-state index in [0.29, 0.717) is 0 Å². The third kappa shape index (κ3) is 4.88. The molecule has 0 amide bonds. The van der Waals surface area contributed by atoms with Crippen LogP contribution < -0.4 is 4.90 Å². The standard InChI is InChI=1S/C52H33NO/c1-2-11-34(12-3-1)35-23-27-41(28-24-35)53(48-19-10-20-49-52(48)47-31-38-14-4-5-15-39(38)33-50(47)54-49)42-29-25-37(26-30-42)46-32-40-22-21-36-13-6-7-16-43(36)51(40)45-18-9-8-17-44(45)46/h1-33H. The second kappa shape index (κ2) is 12.2. The first-order chi connectivity index (χ1) is 26.8. The van der Waals surface area contributed by atoms with Crippen LogP contribution in [0.2, 0.25) is 0 Å². The molecule has 0 atom stereocenters. The summed E-state index contributed by atoms with van der Waals surface area (Å²) < 4.78 is 6.55. The van der Waals surface area contributed by atoms with Crippen molar-refractivity contribution in [3.63, 3.8) is 0 Å². The maximum absolute atomic E-state index is 6.55. The van der Waals surface area contributed by atoms with Gasteiger partial charge in [0.2, 0.25) is 0 Å². The van der Waals surface area contributed by atoms with Crippen LogP contribution in [0.5, 0.6) is 0 Å². The average molecular weight is 688 g/mol. The summed E-state index contributed by atoms with van der Waals surface area (Å²) in [6.07, 6.45) is 0. The summed E-state index contributed by atoms with van der Waals surface area (Å²) in [5.41, 5.74) is 9.78. The molecule has 0 saturated heterocycles. The van der Waals surface area contributed by atoms with Gasteiger partial charge in [-0.2, -0.15) is 0 Å². The molecule has 0 radical (unpaired) electrons. The lowest BCUT2D eigenvalue weighted by Gasteiger charge is -2.27. The van der Waals surface area contributed by atoms with Crippen LogP contribution in [-0.2, 0) is 0 Å². The molecule has 11 rings (SSSR count). The van der Waals surface area contributed by atoms with Crippen LogP contribution in [0.25, 0.3) is 87.3 Å². The van der Waals surface area contributed by atoms with Crippen molar-refractivity contribution in [1.29, 1.82) is 0 Å². The predicted molar refractivity (Wildman–Crippen MR) is 229 cm³/mol. The van der Waals surface area contributed by atoms with Crippen molar-refractivity contribution in [2.45, 2.75) is 0 Å². The van der Waals surface area contributed by atoms with Gasteiger partial charge in [0.15, 0.2) is 0 Å². The molecule has 0 bridgehead atoms. The molecule has 0 saturated carbocycles. The van der Waals surface area contributed by atoms with Gasteiger partial charge in [-0.3, -0.25) is 0 Å². The lowest BCUT2D eigenvalue weighted by Crippen LogP contribution is -2.10. The molecule has 0 N–H and O–H groups in total. The molecular formula is C52H33NO. The van der Waals surface area contributed by atoms with Crippen molar-refractivity contribution in [2.75, 3.05) is 4.90 Å². The highest BCUT2D eigenvalue weighted by Gasteiger charge is 2.20. The third-order valence-corrected chi connectivity index (χ3v) is 11.0. The number of hydrogen-bond donors (Lipinski definition) is 0. The molecule has 0 unspecified atom stereocenters. The first kappa shape index (κ1) is 30.5. The molecule has 54 heavy (non-hydrogen) atoms. The largest absolute Gasteiger partial charge is 0.456 e. The van der Waals surface area contributed by atoms with E-state index in [4.69, 9.17) is 4.42 Å². The second-order valence-electron chi connectivity index (χ2n) is 14.1. The first-order valence-corrected chi connectivity index (χ1v) is 18.5. The number of nitrogens with zero attached hydrogens (tertiary/aromatic N) is 1. The van der Waals surface area contributed by atoms with Gasteiger partial charge in [-0.25, -0.2) is 0 Å². The van der Waals surface area contributed by atoms with Gasteiger partial charge >= 0.3 is 0 Å². The first-order valence-electron chi connectivity index (χ1n) is 18.5. The van der Waals surface area contributed by atoms with Gasteiger partial charge < -0.3 is 9.32 Å². The fraction of sp³-hybridized carbons (Fsp3) is 0. The number of anilines is 3. The highest BCUT2D eigenvalue weighted by molar-refractivity contribution is 6.23. The van der Waals surface area contributed by atoms with E-state index in [9.17, 15) is 0 Å². The van der Waals surface area contributed by atoms with Crippen LogP contribution in [0.1, 0.15) is 0 Å². The summed E-state index contributed by atoms with van der Waals surface area (Å²) in [6.45, 7) is 0. The third-order valence-electron chi connectivity index (χ3n) is 11.0. The van der Waals surface area contributed by atoms with Gasteiger partial charge in [-0.15, -0.1) is 0 Å². The zero-order valence-electron chi connectivity index (χ0n) is 29.4. The summed E-state index contributed by atoms with van der Waals surface area (Å²) in [6, 6.07) is 72.3. The Morgan fingerprint density at radius 1 is 0.315 bits per heavy atom. The van der Waals surface area contributed by atoms with Crippen molar-refractivity contribution in [3.8, 4) is 22.3 Å². The van der Waals surface area contributed by atoms with E-state index in [1.54, 1.807) is 0 Å². The normalized spacial score (nSPS) is 11.7. The van der Waals surface area contributed by atoms with E-state index in [-0.39, 0.29) is 0 Å². The van der Waals surface area contributed by atoms with Crippen molar-refractivity contribution in [3.05, 3.63) is 200 Å². The summed E-state index contributed by atoms with van der Waals surface area (Å²) >= 11 is 0. The molecule has 0 aliphatic carbocycles. The molecule has 10 aromatic carbocycles. The molecule has 1 heterocycles. The van der Waals surface area contributed by atoms with E-state index >= 15 is 0 Å². The number of benzene rings is 10. The molecule has 252 valence electrons. The van der Waals surface area contributed by atoms with Gasteiger partial charge in [0, 0.05) is 16.8 Å². The van der Waals surface area contributed by atoms with Crippen LogP contribution in [-0.4, -0.2) is 0 Å². The van der Waals surface area contributed by atoms with E-state index < -0.39 is 0 Å². The van der Waals surface area contributed by atoms with Crippen molar-refractivity contribution in [1.82, 2.24) is 0 Å². The lowest BCUT2D eigenvalue weighted by molar-refractivity contribution is 0.669. The number of rotatable bonds is 5. The fourth-order valence-electron chi connectivity index (χ4n) is 8.45. The maximum Gasteiger partial charge on any atom is 0.137 e. The Morgan fingerprint density at radius 2 is 0.907 bits per heavy atom. The van der Waals surface area contributed by atoms with E-state index in [2.05, 4.69) is 205 Å². The zero-order valence-corrected chi connectivity index (χ0v) is 29.4. The summed E-state index contributed by atoms with van der Waals surface area (Å²) in [5.74, 6) is 0. The Labute approximate surface area is 312 Å². The van der Waals surface area contributed by atoms with Gasteiger partial charge in [-0.05, 0) is 120 Å². The van der Waals surface area contributed by atoms with Crippen LogP contribution in [0.4, 0.5) is 17.1 Å². The van der Waals surface area contributed by atoms with Crippen LogP contribution in [0.3, 0.4) is 0 Å². The molecule has 0 aliphatic heterocycles. The van der Waals surface area contributed by atoms with Gasteiger partial charge in [0.1, 0.15) is 11.2 Å². The SMILES string of the molecule is c1ccc(-c2ccc(N(c3ccc(-c4cc5ccc6ccccc6c5c5ccccc45)cc3)c3cccc4oc5cc6ccccc6cc5c34)cc2)cc1. The Kier molecular flexibility index (Phi) is 6.90. The monoisotopic (exact) mass is 687 g/mol. The van der Waals surface area contributed by atoms with Gasteiger partial charge in [0.25, 0.3) is 0 Å². The minimum Gasteiger partial charge on any atom is -0.456 e. The molecule has 1 aromatic heterocycles. The Hall–Kier alpha value is -7.16. The molecular weight excluding hydrogens is 655 g/mol. The Bertz CT molecular complexity index is 3190. The lowest BCUT2D eigenvalue weighted by atomic mass is 9.90. The van der Waals surface area contributed by atoms with Crippen molar-refractivity contribution < 1.29 is 4.42 Å². The minimum atomic E-state index is 0.871. The number of furan rings is 1. The molecule has 0 fully saturated rings. The van der Waals surface area contributed by atoms with E-state index in [0.717, 1.165) is 39.0 Å². The van der Waals surface area contributed by atoms with Crippen molar-refractivity contribution in [2.24, 2.45) is 0 Å². The quantitative estimate of drug-likeness (QED) is 0.168. The van der Waals surface area contributed by atoms with Crippen LogP contribution in [0.15, 0.2) is 205 Å². The molecule has 0 spiro atoms. The zero-order chi connectivity index (χ0) is 35.6. The summed E-state index contributed by atoms with van der Waals surface area (Å²) in [7, 11) is 0. The highest BCUT2D eigenvalue weighted by atomic mass is 16.3. The molecule has 2 nitrogen and oxygen atoms in total. The smallest absolute Gasteiger partial charge is 0.137 e. The molecule has 11 aromatic rings.